The Kier molecular flexibility index (Phi) is 5.71. The fourth-order valence-electron chi connectivity index (χ4n) is 4.03. The van der Waals surface area contributed by atoms with Crippen LogP contribution in [-0.2, 0) is 20.1 Å². The molecular weight excluding hydrogens is 364 g/mol. The van der Waals surface area contributed by atoms with Crippen LogP contribution in [-0.4, -0.2) is 28.8 Å². The van der Waals surface area contributed by atoms with Crippen LogP contribution in [0.1, 0.15) is 40.9 Å². The summed E-state index contributed by atoms with van der Waals surface area (Å²) in [5, 5.41) is 8.19. The number of aromatic nitrogens is 2. The van der Waals surface area contributed by atoms with E-state index in [1.807, 2.05) is 6.07 Å². The number of nitrogens with zero attached hydrogens (tertiary/aromatic N) is 2. The summed E-state index contributed by atoms with van der Waals surface area (Å²) >= 11 is 0. The first kappa shape index (κ1) is 19.3. The predicted molar refractivity (Wildman–Crippen MR) is 113 cm³/mol. The first-order chi connectivity index (χ1) is 14.1. The van der Waals surface area contributed by atoms with Gasteiger partial charge in [-0.25, -0.2) is 4.68 Å². The minimum Gasteiger partial charge on any atom is -0.347 e. The summed E-state index contributed by atoms with van der Waals surface area (Å²) in [6.45, 7) is 4.02. The third kappa shape index (κ3) is 4.38. The molecule has 3 aromatic rings. The number of benzene rings is 2. The fraction of sp³-hybridized carbons (Fsp3) is 0.348. The van der Waals surface area contributed by atoms with Crippen LogP contribution in [0.25, 0.3) is 10.8 Å². The Balaban J connectivity index is 1.43. The SMILES string of the molecule is Cn1nc(C(=O)NCc2ccc(C[NH+]3CCCCC3)cc2)c2ccccc2c1=O. The second kappa shape index (κ2) is 8.57. The van der Waals surface area contributed by atoms with Crippen molar-refractivity contribution in [2.45, 2.75) is 32.4 Å². The van der Waals surface area contributed by atoms with Gasteiger partial charge in [0, 0.05) is 24.5 Å². The Hall–Kier alpha value is -2.99. The molecule has 0 aliphatic carbocycles. The Morgan fingerprint density at radius 2 is 1.66 bits per heavy atom. The zero-order valence-electron chi connectivity index (χ0n) is 16.8. The lowest BCUT2D eigenvalue weighted by Gasteiger charge is -2.23. The lowest BCUT2D eigenvalue weighted by atomic mass is 10.1. The largest absolute Gasteiger partial charge is 0.347 e. The van der Waals surface area contributed by atoms with Gasteiger partial charge in [-0.2, -0.15) is 5.10 Å². The molecule has 1 aliphatic rings. The third-order valence-electron chi connectivity index (χ3n) is 5.66. The van der Waals surface area contributed by atoms with Crippen molar-refractivity contribution >= 4 is 16.7 Å². The number of hydrogen-bond donors (Lipinski definition) is 2. The van der Waals surface area contributed by atoms with E-state index < -0.39 is 0 Å². The maximum atomic E-state index is 12.7. The normalized spacial score (nSPS) is 14.8. The smallest absolute Gasteiger partial charge is 0.274 e. The van der Waals surface area contributed by atoms with E-state index in [2.05, 4.69) is 34.7 Å². The van der Waals surface area contributed by atoms with Crippen LogP contribution in [0, 0.1) is 0 Å². The zero-order valence-corrected chi connectivity index (χ0v) is 16.8. The van der Waals surface area contributed by atoms with Crippen molar-refractivity contribution in [2.75, 3.05) is 13.1 Å². The standard InChI is InChI=1S/C23H26N4O2/c1-26-23(29)20-8-4-3-7-19(20)21(25-26)22(28)24-15-17-9-11-18(12-10-17)16-27-13-5-2-6-14-27/h3-4,7-12H,2,5-6,13-16H2,1H3,(H,24,28)/p+1. The molecule has 6 nitrogen and oxygen atoms in total. The molecule has 1 amide bonds. The number of quaternary nitrogens is 1. The Labute approximate surface area is 170 Å². The van der Waals surface area contributed by atoms with E-state index in [0.29, 0.717) is 17.3 Å². The van der Waals surface area contributed by atoms with Crippen molar-refractivity contribution in [2.24, 2.45) is 7.05 Å². The van der Waals surface area contributed by atoms with E-state index in [0.717, 1.165) is 12.1 Å². The first-order valence-corrected chi connectivity index (χ1v) is 10.3. The van der Waals surface area contributed by atoms with Crippen LogP contribution in [0.2, 0.25) is 0 Å². The second-order valence-corrected chi connectivity index (χ2v) is 7.81. The molecule has 1 saturated heterocycles. The zero-order chi connectivity index (χ0) is 20.2. The summed E-state index contributed by atoms with van der Waals surface area (Å²) in [6.07, 6.45) is 4.02. The number of fused-ring (bicyclic) bond motifs is 1. The number of nitrogens with one attached hydrogen (secondary N) is 2. The molecule has 0 atom stereocenters. The number of piperidine rings is 1. The highest BCUT2D eigenvalue weighted by Crippen LogP contribution is 2.13. The Morgan fingerprint density at radius 1 is 1.00 bits per heavy atom. The van der Waals surface area contributed by atoms with Crippen LogP contribution in [0.4, 0.5) is 0 Å². The summed E-state index contributed by atoms with van der Waals surface area (Å²) in [6, 6.07) is 15.5. The highest BCUT2D eigenvalue weighted by atomic mass is 16.2. The second-order valence-electron chi connectivity index (χ2n) is 7.81. The molecule has 29 heavy (non-hydrogen) atoms. The van der Waals surface area contributed by atoms with Crippen molar-refractivity contribution in [1.82, 2.24) is 15.1 Å². The molecule has 2 heterocycles. The van der Waals surface area contributed by atoms with Crippen molar-refractivity contribution in [3.05, 3.63) is 75.7 Å². The predicted octanol–water partition coefficient (Wildman–Crippen LogP) is 1.43. The monoisotopic (exact) mass is 391 g/mol. The molecule has 1 aromatic heterocycles. The van der Waals surface area contributed by atoms with E-state index in [-0.39, 0.29) is 17.2 Å². The molecule has 150 valence electrons. The minimum atomic E-state index is -0.279. The van der Waals surface area contributed by atoms with E-state index >= 15 is 0 Å². The van der Waals surface area contributed by atoms with Gasteiger partial charge in [0.05, 0.1) is 18.5 Å². The summed E-state index contributed by atoms with van der Waals surface area (Å²) in [7, 11) is 1.56. The van der Waals surface area contributed by atoms with Crippen LogP contribution in [0.3, 0.4) is 0 Å². The average Bonchev–Trinajstić information content (AvgIpc) is 2.76. The van der Waals surface area contributed by atoms with E-state index in [1.54, 1.807) is 30.1 Å². The number of amides is 1. The number of aryl methyl sites for hydroxylation is 1. The Morgan fingerprint density at radius 3 is 2.38 bits per heavy atom. The van der Waals surface area contributed by atoms with Crippen molar-refractivity contribution in [3.63, 3.8) is 0 Å². The Bertz CT molecular complexity index is 1070. The molecule has 6 heteroatoms. The molecule has 0 unspecified atom stereocenters. The van der Waals surface area contributed by atoms with Gasteiger partial charge >= 0.3 is 0 Å². The van der Waals surface area contributed by atoms with Gasteiger partial charge in [-0.1, -0.05) is 42.5 Å². The summed E-state index contributed by atoms with van der Waals surface area (Å²) in [5.41, 5.74) is 2.45. The van der Waals surface area contributed by atoms with E-state index in [4.69, 9.17) is 0 Å². The van der Waals surface area contributed by atoms with Gasteiger partial charge in [-0.05, 0) is 30.9 Å². The van der Waals surface area contributed by atoms with Crippen LogP contribution < -0.4 is 15.8 Å². The summed E-state index contributed by atoms with van der Waals surface area (Å²) in [5.74, 6) is -0.279. The lowest BCUT2D eigenvalue weighted by Crippen LogP contribution is -3.11. The van der Waals surface area contributed by atoms with Crippen molar-refractivity contribution in [1.29, 1.82) is 0 Å². The number of carbonyl (C=O) groups is 1. The molecule has 1 aliphatic heterocycles. The maximum absolute atomic E-state index is 12.7. The highest BCUT2D eigenvalue weighted by molar-refractivity contribution is 6.04. The van der Waals surface area contributed by atoms with Gasteiger partial charge in [-0.15, -0.1) is 0 Å². The molecule has 2 aromatic carbocycles. The highest BCUT2D eigenvalue weighted by Gasteiger charge is 2.16. The maximum Gasteiger partial charge on any atom is 0.274 e. The molecule has 0 bridgehead atoms. The third-order valence-corrected chi connectivity index (χ3v) is 5.66. The van der Waals surface area contributed by atoms with Gasteiger partial charge < -0.3 is 10.2 Å². The molecule has 2 N–H and O–H groups in total. The van der Waals surface area contributed by atoms with Gasteiger partial charge in [0.1, 0.15) is 6.54 Å². The van der Waals surface area contributed by atoms with Crippen molar-refractivity contribution < 1.29 is 9.69 Å². The lowest BCUT2D eigenvalue weighted by molar-refractivity contribution is -0.918. The molecular formula is C23H27N4O2+. The van der Waals surface area contributed by atoms with Crippen molar-refractivity contribution in [3.8, 4) is 0 Å². The van der Waals surface area contributed by atoms with E-state index in [9.17, 15) is 9.59 Å². The number of hydrogen-bond acceptors (Lipinski definition) is 3. The molecule has 1 fully saturated rings. The minimum absolute atomic E-state index is 0.205. The van der Waals surface area contributed by atoms with Crippen LogP contribution >= 0.6 is 0 Å². The molecule has 0 spiro atoms. The quantitative estimate of drug-likeness (QED) is 0.692. The topological polar surface area (TPSA) is 68.4 Å². The number of rotatable bonds is 5. The van der Waals surface area contributed by atoms with Gasteiger partial charge in [0.2, 0.25) is 0 Å². The summed E-state index contributed by atoms with van der Waals surface area (Å²) < 4.78 is 1.22. The van der Waals surface area contributed by atoms with Crippen LogP contribution in [0.15, 0.2) is 53.3 Å². The summed E-state index contributed by atoms with van der Waals surface area (Å²) in [4.78, 5) is 26.6. The first-order valence-electron chi connectivity index (χ1n) is 10.3. The number of carbonyl (C=O) groups excluding carboxylic acids is 1. The van der Waals surface area contributed by atoms with Gasteiger partial charge in [-0.3, -0.25) is 9.59 Å². The molecule has 0 saturated carbocycles. The van der Waals surface area contributed by atoms with Gasteiger partial charge in [0.25, 0.3) is 11.5 Å². The van der Waals surface area contributed by atoms with E-state index in [1.165, 1.54) is 42.6 Å². The van der Waals surface area contributed by atoms with Crippen LogP contribution in [0.5, 0.6) is 0 Å². The fourth-order valence-corrected chi connectivity index (χ4v) is 4.03. The number of likely N-dealkylation sites (tertiary alicyclic amines) is 1. The van der Waals surface area contributed by atoms with Gasteiger partial charge in [0.15, 0.2) is 5.69 Å². The molecule has 4 rings (SSSR count). The average molecular weight is 391 g/mol. The molecule has 0 radical (unpaired) electrons.